The van der Waals surface area contributed by atoms with Gasteiger partial charge in [0, 0.05) is 24.3 Å². The van der Waals surface area contributed by atoms with Gasteiger partial charge in [0.05, 0.1) is 0 Å². The quantitative estimate of drug-likeness (QED) is 0.815. The normalized spacial score (nSPS) is 13.7. The Kier molecular flexibility index (Phi) is 6.98. The van der Waals surface area contributed by atoms with E-state index in [-0.39, 0.29) is 6.04 Å². The van der Waals surface area contributed by atoms with Gasteiger partial charge in [-0.05, 0) is 38.3 Å². The van der Waals surface area contributed by atoms with E-state index >= 15 is 0 Å². The summed E-state index contributed by atoms with van der Waals surface area (Å²) < 4.78 is 27.3. The Morgan fingerprint density at radius 3 is 2.29 bits per heavy atom. The molecule has 1 unspecified atom stereocenters. The van der Waals surface area contributed by atoms with Gasteiger partial charge in [0.2, 0.25) is 0 Å². The molecule has 0 aliphatic rings. The van der Waals surface area contributed by atoms with Crippen LogP contribution in [0, 0.1) is 0 Å². The number of carbonyl (C=O) groups is 1. The first-order valence-corrected chi connectivity index (χ1v) is 9.58. The van der Waals surface area contributed by atoms with Crippen molar-refractivity contribution in [3.05, 3.63) is 46.9 Å². The third-order valence-electron chi connectivity index (χ3n) is 2.90. The average molecular weight is 354 g/mol. The number of nitrogens with one attached hydrogen (secondary N) is 1. The van der Waals surface area contributed by atoms with Crippen molar-refractivity contribution in [2.75, 3.05) is 6.26 Å². The first kappa shape index (κ1) is 20.2. The monoisotopic (exact) mass is 354 g/mol. The molecular formula is C17H26N2O4S. The van der Waals surface area contributed by atoms with Gasteiger partial charge in [-0.1, -0.05) is 30.3 Å². The number of hydrogen-bond acceptors (Lipinski definition) is 5. The lowest BCUT2D eigenvalue weighted by atomic mass is 10.0. The minimum atomic E-state index is -3.16. The molecule has 3 N–H and O–H groups in total. The van der Waals surface area contributed by atoms with Gasteiger partial charge in [-0.15, -0.1) is 0 Å². The van der Waals surface area contributed by atoms with Crippen LogP contribution in [0.25, 0.3) is 0 Å². The van der Waals surface area contributed by atoms with Crippen molar-refractivity contribution in [3.8, 4) is 0 Å². The van der Waals surface area contributed by atoms with Gasteiger partial charge < -0.3 is 15.8 Å². The van der Waals surface area contributed by atoms with Crippen molar-refractivity contribution in [3.63, 3.8) is 0 Å². The number of amides is 1. The summed E-state index contributed by atoms with van der Waals surface area (Å²) in [5.74, 6) is 0. The highest BCUT2D eigenvalue weighted by Gasteiger charge is 2.15. The summed E-state index contributed by atoms with van der Waals surface area (Å²) in [6.07, 6.45) is 2.68. The maximum Gasteiger partial charge on any atom is 0.407 e. The topological polar surface area (TPSA) is 98.5 Å². The van der Waals surface area contributed by atoms with Crippen LogP contribution in [0.15, 0.2) is 35.7 Å². The molecule has 1 aromatic rings. The lowest BCUT2D eigenvalue weighted by Crippen LogP contribution is -2.32. The number of hydrogen-bond donors (Lipinski definition) is 2. The molecule has 0 heterocycles. The van der Waals surface area contributed by atoms with Crippen molar-refractivity contribution in [2.45, 2.75) is 45.4 Å². The minimum absolute atomic E-state index is 0.370. The summed E-state index contributed by atoms with van der Waals surface area (Å²) >= 11 is 0. The maximum atomic E-state index is 11.6. The van der Waals surface area contributed by atoms with Crippen LogP contribution in [0.2, 0.25) is 0 Å². The molecule has 0 bridgehead atoms. The highest BCUT2D eigenvalue weighted by atomic mass is 32.2. The second-order valence-corrected chi connectivity index (χ2v) is 8.63. The summed E-state index contributed by atoms with van der Waals surface area (Å²) in [5, 5.41) is 3.81. The van der Waals surface area contributed by atoms with Crippen molar-refractivity contribution >= 4 is 15.9 Å². The standard InChI is InChI=1S/C17H26N2O4S/c1-17(2,3)23-16(20)19-12-14-7-5-13(6-8-14)11-15(18)9-10-24(4,21)22/h5-10,15H,11-12,18H2,1-4H3,(H,19,20)/b10-9+. The molecule has 24 heavy (non-hydrogen) atoms. The van der Waals surface area contributed by atoms with Gasteiger partial charge in [-0.2, -0.15) is 0 Å². The van der Waals surface area contributed by atoms with Crippen LogP contribution >= 0.6 is 0 Å². The summed E-state index contributed by atoms with van der Waals surface area (Å²) in [5.41, 5.74) is 7.28. The zero-order valence-electron chi connectivity index (χ0n) is 14.6. The van der Waals surface area contributed by atoms with E-state index in [4.69, 9.17) is 10.5 Å². The Morgan fingerprint density at radius 1 is 1.25 bits per heavy atom. The van der Waals surface area contributed by atoms with E-state index < -0.39 is 21.5 Å². The van der Waals surface area contributed by atoms with Crippen molar-refractivity contribution in [1.29, 1.82) is 0 Å². The fraction of sp³-hybridized carbons (Fsp3) is 0.471. The number of ether oxygens (including phenoxy) is 1. The predicted molar refractivity (Wildman–Crippen MR) is 95.2 cm³/mol. The average Bonchev–Trinajstić information content (AvgIpc) is 2.42. The molecule has 1 amide bonds. The number of carbonyl (C=O) groups excluding carboxylic acids is 1. The minimum Gasteiger partial charge on any atom is -0.444 e. The molecule has 0 fully saturated rings. The van der Waals surface area contributed by atoms with Gasteiger partial charge >= 0.3 is 6.09 Å². The van der Waals surface area contributed by atoms with Crippen LogP contribution in [0.1, 0.15) is 31.9 Å². The smallest absolute Gasteiger partial charge is 0.407 e. The highest BCUT2D eigenvalue weighted by Crippen LogP contribution is 2.09. The van der Waals surface area contributed by atoms with Crippen molar-refractivity contribution in [1.82, 2.24) is 5.32 Å². The summed E-state index contributed by atoms with van der Waals surface area (Å²) in [7, 11) is -3.16. The molecule has 0 aliphatic carbocycles. The number of sulfone groups is 1. The Bertz CT molecular complexity index is 674. The van der Waals surface area contributed by atoms with Gasteiger partial charge in [0.1, 0.15) is 5.60 Å². The SMILES string of the molecule is CC(C)(C)OC(=O)NCc1ccc(CC(N)/C=C/S(C)(=O)=O)cc1. The second kappa shape index (κ2) is 8.30. The fourth-order valence-corrected chi connectivity index (χ4v) is 2.35. The molecule has 0 radical (unpaired) electrons. The predicted octanol–water partition coefficient (Wildman–Crippen LogP) is 2.14. The summed E-state index contributed by atoms with van der Waals surface area (Å²) in [6, 6.07) is 7.21. The number of nitrogens with two attached hydrogens (primary N) is 1. The maximum absolute atomic E-state index is 11.6. The van der Waals surface area contributed by atoms with Crippen molar-refractivity contribution < 1.29 is 17.9 Å². The first-order chi connectivity index (χ1) is 10.9. The van der Waals surface area contributed by atoms with E-state index in [9.17, 15) is 13.2 Å². The Labute approximate surface area is 144 Å². The molecule has 0 saturated heterocycles. The van der Waals surface area contributed by atoms with E-state index in [1.54, 1.807) is 0 Å². The van der Waals surface area contributed by atoms with Crippen LogP contribution in [0.5, 0.6) is 0 Å². The lowest BCUT2D eigenvalue weighted by molar-refractivity contribution is 0.0523. The molecule has 0 aromatic heterocycles. The third kappa shape index (κ3) is 9.32. The molecule has 134 valence electrons. The largest absolute Gasteiger partial charge is 0.444 e. The van der Waals surface area contributed by atoms with E-state index in [0.29, 0.717) is 13.0 Å². The van der Waals surface area contributed by atoms with E-state index in [0.717, 1.165) is 22.8 Å². The fourth-order valence-electron chi connectivity index (χ4n) is 1.87. The molecule has 6 nitrogen and oxygen atoms in total. The number of benzene rings is 1. The van der Waals surface area contributed by atoms with Gasteiger partial charge in [0.15, 0.2) is 9.84 Å². The van der Waals surface area contributed by atoms with Gasteiger partial charge in [-0.25, -0.2) is 13.2 Å². The number of alkyl carbamates (subject to hydrolysis) is 1. The Morgan fingerprint density at radius 2 is 1.79 bits per heavy atom. The van der Waals surface area contributed by atoms with Gasteiger partial charge in [0.25, 0.3) is 0 Å². The molecule has 7 heteroatoms. The molecule has 1 rings (SSSR count). The molecule has 1 atom stereocenters. The number of rotatable bonds is 6. The third-order valence-corrected chi connectivity index (χ3v) is 3.55. The Balaban J connectivity index is 2.51. The lowest BCUT2D eigenvalue weighted by Gasteiger charge is -2.19. The summed E-state index contributed by atoms with van der Waals surface area (Å²) in [6.45, 7) is 5.80. The van der Waals surface area contributed by atoms with Crippen LogP contribution in [-0.2, 0) is 27.5 Å². The molecule has 1 aromatic carbocycles. The van der Waals surface area contributed by atoms with Crippen molar-refractivity contribution in [2.24, 2.45) is 5.73 Å². The highest BCUT2D eigenvalue weighted by molar-refractivity contribution is 7.93. The molecule has 0 spiro atoms. The van der Waals surface area contributed by atoms with Crippen LogP contribution in [0.4, 0.5) is 4.79 Å². The second-order valence-electron chi connectivity index (χ2n) is 6.70. The zero-order valence-corrected chi connectivity index (χ0v) is 15.4. The molecular weight excluding hydrogens is 328 g/mol. The van der Waals surface area contributed by atoms with Crippen LogP contribution in [-0.4, -0.2) is 32.4 Å². The van der Waals surface area contributed by atoms with E-state index in [2.05, 4.69) is 5.32 Å². The van der Waals surface area contributed by atoms with Crippen LogP contribution < -0.4 is 11.1 Å². The summed E-state index contributed by atoms with van der Waals surface area (Å²) in [4.78, 5) is 11.6. The molecule has 0 saturated carbocycles. The van der Waals surface area contributed by atoms with Gasteiger partial charge in [-0.3, -0.25) is 0 Å². The zero-order chi connectivity index (χ0) is 18.4. The first-order valence-electron chi connectivity index (χ1n) is 7.63. The molecule has 0 aliphatic heterocycles. The van der Waals surface area contributed by atoms with E-state index in [1.165, 1.54) is 6.08 Å². The van der Waals surface area contributed by atoms with E-state index in [1.807, 2.05) is 45.0 Å². The van der Waals surface area contributed by atoms with Crippen LogP contribution in [0.3, 0.4) is 0 Å². The Hall–Kier alpha value is -1.86.